The van der Waals surface area contributed by atoms with Crippen molar-refractivity contribution < 1.29 is 59.1 Å². The van der Waals surface area contributed by atoms with E-state index < -0.39 is 79.2 Å². The number of phenols is 1. The summed E-state index contributed by atoms with van der Waals surface area (Å²) >= 11 is 0. The second-order valence-electron chi connectivity index (χ2n) is 9.28. The number of hydrogen-bond acceptors (Lipinski definition) is 12. The fourth-order valence-corrected chi connectivity index (χ4v) is 5.12. The van der Waals surface area contributed by atoms with Crippen LogP contribution < -0.4 is 0 Å². The quantitative estimate of drug-likeness (QED) is 0.141. The maximum absolute atomic E-state index is 12.1. The smallest absolute Gasteiger partial charge is 0.330 e. The predicted molar refractivity (Wildman–Crippen MR) is 118 cm³/mol. The van der Waals surface area contributed by atoms with E-state index in [4.69, 9.17) is 23.7 Å². The monoisotopic (exact) mass is 508 g/mol. The minimum Gasteiger partial charge on any atom is -0.508 e. The Morgan fingerprint density at radius 3 is 2.50 bits per heavy atom. The van der Waals surface area contributed by atoms with Crippen LogP contribution in [0.25, 0.3) is 6.08 Å². The molecular formula is C24H28O12. The Kier molecular flexibility index (Phi) is 6.78. The first-order chi connectivity index (χ1) is 17.2. The van der Waals surface area contributed by atoms with Crippen molar-refractivity contribution in [2.75, 3.05) is 13.2 Å². The van der Waals surface area contributed by atoms with Crippen molar-refractivity contribution in [3.63, 3.8) is 0 Å². The van der Waals surface area contributed by atoms with Crippen LogP contribution in [0.1, 0.15) is 5.56 Å². The molecule has 0 radical (unpaired) electrons. The maximum Gasteiger partial charge on any atom is 0.330 e. The lowest BCUT2D eigenvalue weighted by atomic mass is 9.85. The predicted octanol–water partition coefficient (Wildman–Crippen LogP) is -1.62. The van der Waals surface area contributed by atoms with Crippen molar-refractivity contribution in [1.82, 2.24) is 0 Å². The number of carbonyl (C=O) groups excluding carboxylic acids is 1. The largest absolute Gasteiger partial charge is 0.508 e. The van der Waals surface area contributed by atoms with Gasteiger partial charge in [-0.25, -0.2) is 4.79 Å². The third kappa shape index (κ3) is 4.40. The summed E-state index contributed by atoms with van der Waals surface area (Å²) in [5.41, 5.74) is -0.416. The first-order valence-corrected chi connectivity index (χ1v) is 11.5. The molecule has 11 atom stereocenters. The summed E-state index contributed by atoms with van der Waals surface area (Å²) in [4.78, 5) is 12.1. The van der Waals surface area contributed by atoms with Gasteiger partial charge >= 0.3 is 5.97 Å². The van der Waals surface area contributed by atoms with E-state index in [0.717, 1.165) is 6.08 Å². The molecule has 1 aromatic rings. The Morgan fingerprint density at radius 1 is 1.03 bits per heavy atom. The van der Waals surface area contributed by atoms with E-state index >= 15 is 0 Å². The highest BCUT2D eigenvalue weighted by Crippen LogP contribution is 2.59. The summed E-state index contributed by atoms with van der Waals surface area (Å²) < 4.78 is 27.6. The Bertz CT molecular complexity index is 1010. The number of fused-ring (bicyclic) bond motifs is 3. The zero-order valence-corrected chi connectivity index (χ0v) is 18.9. The molecule has 12 heteroatoms. The molecule has 12 nitrogen and oxygen atoms in total. The Morgan fingerprint density at radius 2 is 1.78 bits per heavy atom. The highest BCUT2D eigenvalue weighted by atomic mass is 16.8. The average Bonchev–Trinajstić information content (AvgIpc) is 3.57. The summed E-state index contributed by atoms with van der Waals surface area (Å²) in [5, 5.41) is 60.8. The van der Waals surface area contributed by atoms with E-state index in [9.17, 15) is 35.4 Å². The summed E-state index contributed by atoms with van der Waals surface area (Å²) in [6.07, 6.45) is -4.61. The number of hydrogen-bond donors (Lipinski definition) is 6. The number of epoxide rings is 1. The van der Waals surface area contributed by atoms with Crippen molar-refractivity contribution in [3.05, 3.63) is 48.2 Å². The van der Waals surface area contributed by atoms with Crippen molar-refractivity contribution >= 4 is 12.0 Å². The number of esters is 1. The molecule has 5 rings (SSSR count). The summed E-state index contributed by atoms with van der Waals surface area (Å²) in [7, 11) is 0. The second kappa shape index (κ2) is 9.72. The zero-order valence-electron chi connectivity index (χ0n) is 18.9. The van der Waals surface area contributed by atoms with Gasteiger partial charge in [-0.1, -0.05) is 12.1 Å². The van der Waals surface area contributed by atoms with Gasteiger partial charge in [-0.2, -0.15) is 0 Å². The average molecular weight is 508 g/mol. The van der Waals surface area contributed by atoms with Gasteiger partial charge in [0.05, 0.1) is 24.9 Å². The summed E-state index contributed by atoms with van der Waals surface area (Å²) in [5.74, 6) is -1.71. The lowest BCUT2D eigenvalue weighted by Gasteiger charge is -2.43. The van der Waals surface area contributed by atoms with Gasteiger partial charge < -0.3 is 54.3 Å². The molecule has 1 aliphatic carbocycles. The number of aliphatic hydroxyl groups is 5. The number of rotatable bonds is 7. The van der Waals surface area contributed by atoms with Crippen molar-refractivity contribution in [2.45, 2.75) is 54.8 Å². The molecule has 36 heavy (non-hydrogen) atoms. The normalized spacial score (nSPS) is 43.0. The maximum atomic E-state index is 12.1. The fourth-order valence-electron chi connectivity index (χ4n) is 5.12. The van der Waals surface area contributed by atoms with Crippen LogP contribution in [0, 0.1) is 11.8 Å². The van der Waals surface area contributed by atoms with E-state index in [-0.39, 0.29) is 12.4 Å². The van der Waals surface area contributed by atoms with Crippen LogP contribution in [0.2, 0.25) is 0 Å². The number of carbonyl (C=O) groups is 1. The third-order valence-corrected chi connectivity index (χ3v) is 7.14. The Labute approximate surface area is 205 Å². The molecule has 1 aromatic carbocycles. The van der Waals surface area contributed by atoms with Crippen LogP contribution in [0.15, 0.2) is 42.7 Å². The molecular weight excluding hydrogens is 480 g/mol. The number of aromatic hydroxyl groups is 1. The standard InChI is InChI=1S/C24H28O12/c25-10-24-16-13(17(28)21(24)36-24)7-8-32-22(16)35-23-20(31)19(30)18(29)14(34-23)9-33-15(27)6-3-11-1-4-12(26)5-2-11/h1-8,13-14,16-23,25-26,28-31H,9-10H2/b6-3+/t13-,14-,16-,17+,18?,19+,20?,21+,22+,23+,24-/m1/s1. The first kappa shape index (κ1) is 25.1. The number of ether oxygens (including phenoxy) is 5. The van der Waals surface area contributed by atoms with Crippen molar-refractivity contribution in [1.29, 1.82) is 0 Å². The Balaban J connectivity index is 1.22. The number of aliphatic hydroxyl groups excluding tert-OH is 5. The molecule has 4 aliphatic rings. The van der Waals surface area contributed by atoms with Gasteiger partial charge in [0.25, 0.3) is 0 Å². The molecule has 1 saturated carbocycles. The van der Waals surface area contributed by atoms with Crippen LogP contribution >= 0.6 is 0 Å². The van der Waals surface area contributed by atoms with E-state index in [0.29, 0.717) is 5.56 Å². The molecule has 3 heterocycles. The van der Waals surface area contributed by atoms with Crippen molar-refractivity contribution in [3.8, 4) is 5.75 Å². The van der Waals surface area contributed by atoms with Gasteiger partial charge in [0, 0.05) is 12.0 Å². The summed E-state index contributed by atoms with van der Waals surface area (Å²) in [6.45, 7) is -0.829. The van der Waals surface area contributed by atoms with Gasteiger partial charge in [0.2, 0.25) is 6.29 Å². The van der Waals surface area contributed by atoms with E-state index in [1.807, 2.05) is 0 Å². The zero-order chi connectivity index (χ0) is 25.6. The SMILES string of the molecule is O=C(/C=C/c1ccc(O)cc1)OC[C@H]1O[C@@H](O[C@@H]2OC=C[C@H]3[C@H](O)[C@@H]4O[C@]4(CO)[C@@H]23)C(O)[C@@H](O)C1O. The van der Waals surface area contributed by atoms with Crippen LogP contribution in [-0.2, 0) is 28.5 Å². The molecule has 2 saturated heterocycles. The third-order valence-electron chi connectivity index (χ3n) is 7.14. The van der Waals surface area contributed by atoms with Crippen molar-refractivity contribution in [2.24, 2.45) is 11.8 Å². The molecule has 3 aliphatic heterocycles. The van der Waals surface area contributed by atoms with E-state index in [1.54, 1.807) is 18.2 Å². The van der Waals surface area contributed by atoms with Gasteiger partial charge in [-0.3, -0.25) is 0 Å². The first-order valence-electron chi connectivity index (χ1n) is 11.5. The number of phenolic OH excluding ortho intramolecular Hbond substituents is 1. The summed E-state index contributed by atoms with van der Waals surface area (Å²) in [6, 6.07) is 6.11. The van der Waals surface area contributed by atoms with Gasteiger partial charge in [-0.05, 0) is 29.8 Å². The highest BCUT2D eigenvalue weighted by Gasteiger charge is 2.75. The fraction of sp³-hybridized carbons (Fsp3) is 0.542. The van der Waals surface area contributed by atoms with Crippen LogP contribution in [0.3, 0.4) is 0 Å². The van der Waals surface area contributed by atoms with Crippen LogP contribution in [-0.4, -0.2) is 105 Å². The topological polar surface area (TPSA) is 188 Å². The highest BCUT2D eigenvalue weighted by molar-refractivity contribution is 5.87. The van der Waals surface area contributed by atoms with Gasteiger partial charge in [0.1, 0.15) is 48.5 Å². The second-order valence-corrected chi connectivity index (χ2v) is 9.28. The minimum absolute atomic E-state index is 0.0842. The minimum atomic E-state index is -1.68. The molecule has 196 valence electrons. The molecule has 0 amide bonds. The number of benzene rings is 1. The molecule has 0 bridgehead atoms. The van der Waals surface area contributed by atoms with Gasteiger partial charge in [0.15, 0.2) is 6.29 Å². The molecule has 0 aromatic heterocycles. The Hall–Kier alpha value is -2.55. The molecule has 0 spiro atoms. The van der Waals surface area contributed by atoms with Gasteiger partial charge in [-0.15, -0.1) is 0 Å². The molecule has 2 unspecified atom stereocenters. The van der Waals surface area contributed by atoms with E-state index in [2.05, 4.69) is 0 Å². The van der Waals surface area contributed by atoms with E-state index in [1.165, 1.54) is 24.5 Å². The lowest BCUT2D eigenvalue weighted by molar-refractivity contribution is -0.344. The molecule has 3 fully saturated rings. The van der Waals surface area contributed by atoms with Crippen LogP contribution in [0.5, 0.6) is 5.75 Å². The lowest BCUT2D eigenvalue weighted by Crippen LogP contribution is -2.60. The van der Waals surface area contributed by atoms with Crippen LogP contribution in [0.4, 0.5) is 0 Å². The molecule has 6 N–H and O–H groups in total.